The fourth-order valence-corrected chi connectivity index (χ4v) is 1.74. The van der Waals surface area contributed by atoms with Crippen molar-refractivity contribution in [3.05, 3.63) is 29.6 Å². The van der Waals surface area contributed by atoms with Crippen molar-refractivity contribution in [2.75, 3.05) is 26.9 Å². The molecule has 0 radical (unpaired) electrons. The first-order valence-electron chi connectivity index (χ1n) is 7.21. The van der Waals surface area contributed by atoms with Gasteiger partial charge in [0.25, 0.3) is 0 Å². The van der Waals surface area contributed by atoms with Crippen LogP contribution in [-0.4, -0.2) is 26.9 Å². The predicted octanol–water partition coefficient (Wildman–Crippen LogP) is 3.55. The van der Waals surface area contributed by atoms with Crippen LogP contribution in [0.25, 0.3) is 0 Å². The number of hydrogen-bond donors (Lipinski definition) is 1. The summed E-state index contributed by atoms with van der Waals surface area (Å²) in [4.78, 5) is 0. The molecular weight excluding hydrogens is 257 g/mol. The summed E-state index contributed by atoms with van der Waals surface area (Å²) in [7, 11) is 1.81. The molecule has 0 saturated heterocycles. The average Bonchev–Trinajstić information content (AvgIpc) is 2.41. The van der Waals surface area contributed by atoms with Gasteiger partial charge >= 0.3 is 0 Å². The van der Waals surface area contributed by atoms with Crippen LogP contribution in [0.4, 0.5) is 4.39 Å². The van der Waals surface area contributed by atoms with E-state index in [1.54, 1.807) is 12.1 Å². The van der Waals surface area contributed by atoms with E-state index in [1.807, 2.05) is 14.0 Å². The highest BCUT2D eigenvalue weighted by Gasteiger charge is 2.09. The summed E-state index contributed by atoms with van der Waals surface area (Å²) < 4.78 is 24.8. The van der Waals surface area contributed by atoms with Gasteiger partial charge in [-0.25, -0.2) is 4.39 Å². The summed E-state index contributed by atoms with van der Waals surface area (Å²) in [6, 6.07) is 4.96. The van der Waals surface area contributed by atoms with Gasteiger partial charge in [-0.2, -0.15) is 0 Å². The molecule has 0 amide bonds. The normalized spacial score (nSPS) is 12.7. The molecular formula is C16H26FNO2. The topological polar surface area (TPSA) is 30.5 Å². The third kappa shape index (κ3) is 5.88. The number of nitrogens with one attached hydrogen (secondary N) is 1. The quantitative estimate of drug-likeness (QED) is 0.703. The lowest BCUT2D eigenvalue weighted by Crippen LogP contribution is -2.14. The van der Waals surface area contributed by atoms with Crippen LogP contribution in [0, 0.1) is 11.7 Å². The minimum absolute atomic E-state index is 0.0107. The SMILES string of the molecule is CNC(C)c1ccc(OCCOCCC(C)C)cc1F. The largest absolute Gasteiger partial charge is 0.491 e. The van der Waals surface area contributed by atoms with Gasteiger partial charge in [-0.15, -0.1) is 0 Å². The molecule has 1 aromatic rings. The maximum atomic E-state index is 13.9. The number of rotatable bonds is 9. The van der Waals surface area contributed by atoms with Crippen molar-refractivity contribution in [3.63, 3.8) is 0 Å². The van der Waals surface area contributed by atoms with Crippen molar-refractivity contribution in [1.29, 1.82) is 0 Å². The predicted molar refractivity (Wildman–Crippen MR) is 79.6 cm³/mol. The molecule has 0 aliphatic rings. The number of benzene rings is 1. The summed E-state index contributed by atoms with van der Waals surface area (Å²) in [5.41, 5.74) is 0.646. The van der Waals surface area contributed by atoms with Gasteiger partial charge in [-0.1, -0.05) is 19.9 Å². The Morgan fingerprint density at radius 3 is 2.50 bits per heavy atom. The van der Waals surface area contributed by atoms with Gasteiger partial charge in [-0.3, -0.25) is 0 Å². The molecule has 0 fully saturated rings. The van der Waals surface area contributed by atoms with E-state index in [4.69, 9.17) is 9.47 Å². The van der Waals surface area contributed by atoms with Crippen molar-refractivity contribution in [3.8, 4) is 5.75 Å². The Labute approximate surface area is 121 Å². The molecule has 0 spiro atoms. The van der Waals surface area contributed by atoms with Crippen LogP contribution >= 0.6 is 0 Å². The van der Waals surface area contributed by atoms with Crippen LogP contribution < -0.4 is 10.1 Å². The van der Waals surface area contributed by atoms with Gasteiger partial charge in [0, 0.05) is 24.3 Å². The molecule has 1 atom stereocenters. The highest BCUT2D eigenvalue weighted by atomic mass is 19.1. The number of hydrogen-bond acceptors (Lipinski definition) is 3. The summed E-state index contributed by atoms with van der Waals surface area (Å²) in [5, 5.41) is 3.02. The third-order valence-corrected chi connectivity index (χ3v) is 3.21. The lowest BCUT2D eigenvalue weighted by atomic mass is 10.1. The van der Waals surface area contributed by atoms with E-state index in [0.29, 0.717) is 30.4 Å². The maximum absolute atomic E-state index is 13.9. The van der Waals surface area contributed by atoms with Crippen molar-refractivity contribution in [2.24, 2.45) is 5.92 Å². The van der Waals surface area contributed by atoms with E-state index in [9.17, 15) is 4.39 Å². The Kier molecular flexibility index (Phi) is 7.55. The molecule has 3 nitrogen and oxygen atoms in total. The van der Waals surface area contributed by atoms with E-state index >= 15 is 0 Å². The van der Waals surface area contributed by atoms with Gasteiger partial charge in [0.1, 0.15) is 18.2 Å². The van der Waals surface area contributed by atoms with Crippen molar-refractivity contribution < 1.29 is 13.9 Å². The third-order valence-electron chi connectivity index (χ3n) is 3.21. The highest BCUT2D eigenvalue weighted by molar-refractivity contribution is 5.30. The summed E-state index contributed by atoms with van der Waals surface area (Å²) in [5.74, 6) is 0.943. The smallest absolute Gasteiger partial charge is 0.131 e. The Morgan fingerprint density at radius 1 is 1.15 bits per heavy atom. The zero-order chi connectivity index (χ0) is 15.0. The molecule has 0 saturated carbocycles. The van der Waals surface area contributed by atoms with E-state index in [0.717, 1.165) is 13.0 Å². The van der Waals surface area contributed by atoms with Crippen LogP contribution in [0.1, 0.15) is 38.8 Å². The minimum atomic E-state index is -0.245. The molecule has 0 aliphatic heterocycles. The monoisotopic (exact) mass is 283 g/mol. The second-order valence-electron chi connectivity index (χ2n) is 5.34. The van der Waals surface area contributed by atoms with E-state index < -0.39 is 0 Å². The molecule has 1 rings (SSSR count). The Bertz CT molecular complexity index is 396. The summed E-state index contributed by atoms with van der Waals surface area (Å²) >= 11 is 0. The zero-order valence-electron chi connectivity index (χ0n) is 12.9. The Hall–Kier alpha value is -1.13. The van der Waals surface area contributed by atoms with Gasteiger partial charge in [-0.05, 0) is 32.4 Å². The first-order chi connectivity index (χ1) is 9.54. The first kappa shape index (κ1) is 16.9. The van der Waals surface area contributed by atoms with Crippen molar-refractivity contribution in [2.45, 2.75) is 33.2 Å². The Balaban J connectivity index is 2.33. The van der Waals surface area contributed by atoms with Crippen LogP contribution in [0.2, 0.25) is 0 Å². The molecule has 0 heterocycles. The second-order valence-corrected chi connectivity index (χ2v) is 5.34. The number of ether oxygens (including phenoxy) is 2. The summed E-state index contributed by atoms with van der Waals surface area (Å²) in [6.45, 7) is 7.96. The van der Waals surface area contributed by atoms with Gasteiger partial charge < -0.3 is 14.8 Å². The molecule has 1 N–H and O–H groups in total. The molecule has 0 aromatic heterocycles. The summed E-state index contributed by atoms with van der Waals surface area (Å²) in [6.07, 6.45) is 1.05. The first-order valence-corrected chi connectivity index (χ1v) is 7.21. The molecule has 4 heteroatoms. The standard InChI is InChI=1S/C16H26FNO2/c1-12(2)7-8-19-9-10-20-14-5-6-15(13(3)18-4)16(17)11-14/h5-6,11-13,18H,7-10H2,1-4H3. The van der Waals surface area contributed by atoms with Crippen LogP contribution in [0.3, 0.4) is 0 Å². The maximum Gasteiger partial charge on any atom is 0.131 e. The minimum Gasteiger partial charge on any atom is -0.491 e. The fraction of sp³-hybridized carbons (Fsp3) is 0.625. The fourth-order valence-electron chi connectivity index (χ4n) is 1.74. The lowest BCUT2D eigenvalue weighted by molar-refractivity contribution is 0.0924. The van der Waals surface area contributed by atoms with E-state index in [2.05, 4.69) is 19.2 Å². The van der Waals surface area contributed by atoms with Gasteiger partial charge in [0.15, 0.2) is 0 Å². The van der Waals surface area contributed by atoms with E-state index in [1.165, 1.54) is 6.07 Å². The van der Waals surface area contributed by atoms with Crippen molar-refractivity contribution in [1.82, 2.24) is 5.32 Å². The molecule has 20 heavy (non-hydrogen) atoms. The van der Waals surface area contributed by atoms with Crippen LogP contribution in [0.5, 0.6) is 5.75 Å². The zero-order valence-corrected chi connectivity index (χ0v) is 12.9. The molecule has 0 aliphatic carbocycles. The highest BCUT2D eigenvalue weighted by Crippen LogP contribution is 2.21. The molecule has 114 valence electrons. The van der Waals surface area contributed by atoms with Crippen LogP contribution in [-0.2, 0) is 4.74 Å². The van der Waals surface area contributed by atoms with Crippen LogP contribution in [0.15, 0.2) is 18.2 Å². The molecule has 1 aromatic carbocycles. The van der Waals surface area contributed by atoms with E-state index in [-0.39, 0.29) is 11.9 Å². The number of halogens is 1. The van der Waals surface area contributed by atoms with Gasteiger partial charge in [0.2, 0.25) is 0 Å². The lowest BCUT2D eigenvalue weighted by Gasteiger charge is -2.13. The second kappa shape index (κ2) is 8.93. The average molecular weight is 283 g/mol. The molecule has 0 bridgehead atoms. The van der Waals surface area contributed by atoms with Gasteiger partial charge in [0.05, 0.1) is 6.61 Å². The Morgan fingerprint density at radius 2 is 1.90 bits per heavy atom. The molecule has 1 unspecified atom stereocenters. The van der Waals surface area contributed by atoms with Crippen molar-refractivity contribution >= 4 is 0 Å².